The number of hydrogen-bond acceptors (Lipinski definition) is 10. The number of aliphatic hydroxyl groups excluding tert-OH is 4. The van der Waals surface area contributed by atoms with E-state index in [1.165, 1.54) is 11.8 Å². The molecule has 2 aromatic heterocycles. The van der Waals surface area contributed by atoms with Gasteiger partial charge in [0.2, 0.25) is 5.95 Å². The average Bonchev–Trinajstić information content (AvgIpc) is 2.90. The third-order valence-electron chi connectivity index (χ3n) is 3.87. The van der Waals surface area contributed by atoms with Crippen molar-refractivity contribution in [2.24, 2.45) is 0 Å². The van der Waals surface area contributed by atoms with E-state index in [1.54, 1.807) is 6.26 Å². The maximum atomic E-state index is 12.1. The molecule has 5 atom stereocenters. The van der Waals surface area contributed by atoms with Crippen molar-refractivity contribution in [2.75, 3.05) is 18.6 Å². The molecular weight excluding hydrogens is 342 g/mol. The Hall–Kier alpha value is -1.70. The number of aliphatic hydroxyl groups is 4. The average molecular weight is 359 g/mol. The first-order chi connectivity index (χ1) is 11.4. The molecule has 2 aromatic rings. The molecule has 1 fully saturated rings. The second-order valence-corrected chi connectivity index (χ2v) is 6.10. The van der Waals surface area contributed by atoms with Crippen LogP contribution in [0.15, 0.2) is 9.95 Å². The Kier molecular flexibility index (Phi) is 4.50. The SMILES string of the molecule is CSc1nc2c(nc(N)n2[C@H]2O[C@@H](CO)[C@@H](O)[C@@H](O)[C@H]2O)c(=O)[nH]1. The molecule has 24 heavy (non-hydrogen) atoms. The number of aromatic nitrogens is 4. The number of rotatable bonds is 3. The third-order valence-corrected chi connectivity index (χ3v) is 4.45. The van der Waals surface area contributed by atoms with Crippen molar-refractivity contribution in [1.82, 2.24) is 19.5 Å². The normalized spacial score (nSPS) is 30.8. The summed E-state index contributed by atoms with van der Waals surface area (Å²) in [7, 11) is 0. The smallest absolute Gasteiger partial charge is 0.279 e. The van der Waals surface area contributed by atoms with Gasteiger partial charge in [-0.3, -0.25) is 14.3 Å². The molecule has 3 heterocycles. The first-order valence-corrected chi connectivity index (χ1v) is 8.23. The van der Waals surface area contributed by atoms with Crippen LogP contribution in [0.3, 0.4) is 0 Å². The minimum absolute atomic E-state index is 0.0535. The number of anilines is 1. The number of H-pyrrole nitrogens is 1. The van der Waals surface area contributed by atoms with Gasteiger partial charge in [-0.05, 0) is 6.26 Å². The molecule has 0 bridgehead atoms. The van der Waals surface area contributed by atoms with E-state index in [4.69, 9.17) is 10.5 Å². The van der Waals surface area contributed by atoms with E-state index in [0.717, 1.165) is 4.57 Å². The Balaban J connectivity index is 2.16. The first-order valence-electron chi connectivity index (χ1n) is 7.01. The number of aromatic amines is 1. The van der Waals surface area contributed by atoms with E-state index in [2.05, 4.69) is 15.0 Å². The predicted molar refractivity (Wildman–Crippen MR) is 83.4 cm³/mol. The Bertz CT molecular complexity index is 807. The summed E-state index contributed by atoms with van der Waals surface area (Å²) in [5.74, 6) is -0.161. The second-order valence-electron chi connectivity index (χ2n) is 5.31. The van der Waals surface area contributed by atoms with Crippen LogP contribution in [-0.4, -0.2) is 77.2 Å². The lowest BCUT2D eigenvalue weighted by Gasteiger charge is -2.40. The van der Waals surface area contributed by atoms with Gasteiger partial charge in [0.25, 0.3) is 5.56 Å². The molecule has 3 rings (SSSR count). The second kappa shape index (κ2) is 6.31. The zero-order chi connectivity index (χ0) is 17.6. The lowest BCUT2D eigenvalue weighted by molar-refractivity contribution is -0.250. The van der Waals surface area contributed by atoms with E-state index in [9.17, 15) is 25.2 Å². The van der Waals surface area contributed by atoms with Crippen molar-refractivity contribution in [1.29, 1.82) is 0 Å². The maximum Gasteiger partial charge on any atom is 0.279 e. The van der Waals surface area contributed by atoms with Crippen LogP contribution in [0.5, 0.6) is 0 Å². The van der Waals surface area contributed by atoms with E-state index >= 15 is 0 Å². The Morgan fingerprint density at radius 1 is 1.29 bits per heavy atom. The van der Waals surface area contributed by atoms with Crippen LogP contribution in [0, 0.1) is 0 Å². The number of nitrogen functional groups attached to an aromatic ring is 1. The zero-order valence-corrected chi connectivity index (χ0v) is 13.3. The highest BCUT2D eigenvalue weighted by molar-refractivity contribution is 7.98. The van der Waals surface area contributed by atoms with Crippen molar-refractivity contribution < 1.29 is 25.2 Å². The van der Waals surface area contributed by atoms with Crippen molar-refractivity contribution in [3.05, 3.63) is 10.4 Å². The van der Waals surface area contributed by atoms with Gasteiger partial charge in [-0.15, -0.1) is 0 Å². The van der Waals surface area contributed by atoms with E-state index in [0.29, 0.717) is 5.16 Å². The maximum absolute atomic E-state index is 12.1. The van der Waals surface area contributed by atoms with Crippen molar-refractivity contribution in [3.8, 4) is 0 Å². The largest absolute Gasteiger partial charge is 0.394 e. The molecule has 0 amide bonds. The molecule has 0 spiro atoms. The van der Waals surface area contributed by atoms with Crippen molar-refractivity contribution >= 4 is 28.9 Å². The van der Waals surface area contributed by atoms with Crippen LogP contribution in [0.4, 0.5) is 5.95 Å². The highest BCUT2D eigenvalue weighted by Crippen LogP contribution is 2.32. The van der Waals surface area contributed by atoms with Gasteiger partial charge in [-0.25, -0.2) is 9.97 Å². The van der Waals surface area contributed by atoms with E-state index in [1.807, 2.05) is 0 Å². The predicted octanol–water partition coefficient (Wildman–Crippen LogP) is -2.60. The lowest BCUT2D eigenvalue weighted by Crippen LogP contribution is -2.56. The summed E-state index contributed by atoms with van der Waals surface area (Å²) in [6, 6.07) is 0. The van der Waals surface area contributed by atoms with Gasteiger partial charge in [0.05, 0.1) is 6.61 Å². The number of fused-ring (bicyclic) bond motifs is 1. The fraction of sp³-hybridized carbons (Fsp3) is 0.583. The van der Waals surface area contributed by atoms with Crippen LogP contribution >= 0.6 is 11.8 Å². The molecule has 0 unspecified atom stereocenters. The molecule has 12 heteroatoms. The summed E-state index contributed by atoms with van der Waals surface area (Å²) in [6.07, 6.45) is -5.35. The number of nitrogens with one attached hydrogen (secondary N) is 1. The molecule has 11 nitrogen and oxygen atoms in total. The molecule has 0 radical (unpaired) electrons. The number of nitrogens with two attached hydrogens (primary N) is 1. The molecule has 7 N–H and O–H groups in total. The van der Waals surface area contributed by atoms with E-state index < -0.39 is 42.8 Å². The standard InChI is InChI=1S/C12H17N5O6S/c1-24-12-15-8-4(9(22)16-12)14-11(13)17(8)10-7(21)6(20)5(19)3(2-18)23-10/h3,5-7,10,18-21H,2H2,1H3,(H2,13,14)(H,15,16,22)/t3-,5+,6+,7+,10-/m0/s1. The topological polar surface area (TPSA) is 180 Å². The Morgan fingerprint density at radius 3 is 2.62 bits per heavy atom. The molecule has 1 aliphatic heterocycles. The molecule has 0 saturated carbocycles. The molecular formula is C12H17N5O6S. The van der Waals surface area contributed by atoms with Gasteiger partial charge in [-0.2, -0.15) is 0 Å². The zero-order valence-electron chi connectivity index (χ0n) is 12.5. The summed E-state index contributed by atoms with van der Waals surface area (Å²) in [4.78, 5) is 22.7. The summed E-state index contributed by atoms with van der Waals surface area (Å²) in [5, 5.41) is 39.6. The first kappa shape index (κ1) is 17.1. The van der Waals surface area contributed by atoms with Gasteiger partial charge in [0.15, 0.2) is 22.5 Å². The van der Waals surface area contributed by atoms with Gasteiger partial charge >= 0.3 is 0 Å². The highest BCUT2D eigenvalue weighted by atomic mass is 32.2. The quantitative estimate of drug-likeness (QED) is 0.251. The minimum Gasteiger partial charge on any atom is -0.394 e. The minimum atomic E-state index is -1.58. The molecule has 1 aliphatic rings. The van der Waals surface area contributed by atoms with Gasteiger partial charge in [0, 0.05) is 0 Å². The summed E-state index contributed by atoms with van der Waals surface area (Å²) in [5.41, 5.74) is 5.32. The fourth-order valence-corrected chi connectivity index (χ4v) is 3.00. The number of hydrogen-bond donors (Lipinski definition) is 6. The van der Waals surface area contributed by atoms with Gasteiger partial charge in [-0.1, -0.05) is 11.8 Å². The van der Waals surface area contributed by atoms with Crippen LogP contribution in [0.1, 0.15) is 6.23 Å². The molecule has 132 valence electrons. The number of thioether (sulfide) groups is 1. The van der Waals surface area contributed by atoms with Crippen molar-refractivity contribution in [2.45, 2.75) is 35.8 Å². The highest BCUT2D eigenvalue weighted by Gasteiger charge is 2.45. The molecule has 1 saturated heterocycles. The summed E-state index contributed by atoms with van der Waals surface area (Å²) in [6.45, 7) is -0.585. The number of imidazole rings is 1. The van der Waals surface area contributed by atoms with Crippen LogP contribution in [0.2, 0.25) is 0 Å². The van der Waals surface area contributed by atoms with Crippen LogP contribution < -0.4 is 11.3 Å². The number of nitrogens with zero attached hydrogens (tertiary/aromatic N) is 3. The fourth-order valence-electron chi connectivity index (χ4n) is 2.62. The number of ether oxygens (including phenoxy) is 1. The Morgan fingerprint density at radius 2 is 2.00 bits per heavy atom. The monoisotopic (exact) mass is 359 g/mol. The summed E-state index contributed by atoms with van der Waals surface area (Å²) < 4.78 is 6.61. The molecule has 0 aromatic carbocycles. The molecule has 0 aliphatic carbocycles. The lowest BCUT2D eigenvalue weighted by atomic mass is 9.98. The Labute approximate surface area is 139 Å². The van der Waals surface area contributed by atoms with Gasteiger partial charge < -0.3 is 30.9 Å². The van der Waals surface area contributed by atoms with Crippen LogP contribution in [-0.2, 0) is 4.74 Å². The van der Waals surface area contributed by atoms with Crippen LogP contribution in [0.25, 0.3) is 11.2 Å². The van der Waals surface area contributed by atoms with Gasteiger partial charge in [0.1, 0.15) is 24.4 Å². The van der Waals surface area contributed by atoms with Crippen molar-refractivity contribution in [3.63, 3.8) is 0 Å². The summed E-state index contributed by atoms with van der Waals surface area (Å²) >= 11 is 1.19. The third kappa shape index (κ3) is 2.56. The van der Waals surface area contributed by atoms with E-state index in [-0.39, 0.29) is 17.1 Å².